The summed E-state index contributed by atoms with van der Waals surface area (Å²) in [5.41, 5.74) is 0.344. The number of benzene rings is 1. The first-order valence-electron chi connectivity index (χ1n) is 6.37. The number of hydrogen-bond acceptors (Lipinski definition) is 7. The number of rotatable bonds is 6. The Morgan fingerprint density at radius 1 is 1.50 bits per heavy atom. The second-order valence-corrected chi connectivity index (χ2v) is 4.55. The predicted octanol–water partition coefficient (Wildman–Crippen LogP) is 2.23. The number of aromatic nitrogens is 2. The number of nitrogens with zero attached hydrogens (tertiary/aromatic N) is 3. The predicted molar refractivity (Wildman–Crippen MR) is 82.4 cm³/mol. The van der Waals surface area contributed by atoms with Gasteiger partial charge in [-0.15, -0.1) is 12.4 Å². The zero-order valence-electron chi connectivity index (χ0n) is 12.4. The highest BCUT2D eigenvalue weighted by Gasteiger charge is 2.19. The molecule has 0 saturated carbocycles. The Labute approximate surface area is 133 Å². The van der Waals surface area contributed by atoms with Crippen molar-refractivity contribution in [3.8, 4) is 17.2 Å². The molecule has 1 aromatic carbocycles. The smallest absolute Gasteiger partial charge is 0.311 e. The molecule has 8 nitrogen and oxygen atoms in total. The van der Waals surface area contributed by atoms with Crippen LogP contribution in [0.3, 0.4) is 0 Å². The van der Waals surface area contributed by atoms with Gasteiger partial charge in [0.25, 0.3) is 5.89 Å². The minimum atomic E-state index is -0.511. The molecule has 0 bridgehead atoms. The van der Waals surface area contributed by atoms with Gasteiger partial charge in [-0.3, -0.25) is 10.1 Å². The maximum Gasteiger partial charge on any atom is 0.311 e. The van der Waals surface area contributed by atoms with E-state index >= 15 is 0 Å². The topological polar surface area (TPSA) is 103 Å². The van der Waals surface area contributed by atoms with Gasteiger partial charge in [0.2, 0.25) is 0 Å². The summed E-state index contributed by atoms with van der Waals surface area (Å²) < 4.78 is 10.1. The highest BCUT2D eigenvalue weighted by molar-refractivity contribution is 5.85. The molecule has 0 fully saturated rings. The molecule has 0 aliphatic heterocycles. The summed E-state index contributed by atoms with van der Waals surface area (Å²) in [6.45, 7) is 1.99. The Morgan fingerprint density at radius 2 is 2.23 bits per heavy atom. The molecule has 0 spiro atoms. The van der Waals surface area contributed by atoms with Crippen LogP contribution in [0.15, 0.2) is 22.7 Å². The third-order valence-corrected chi connectivity index (χ3v) is 3.07. The summed E-state index contributed by atoms with van der Waals surface area (Å²) in [4.78, 5) is 14.7. The van der Waals surface area contributed by atoms with Gasteiger partial charge >= 0.3 is 5.69 Å². The van der Waals surface area contributed by atoms with Crippen molar-refractivity contribution in [1.29, 1.82) is 0 Å². The summed E-state index contributed by atoms with van der Waals surface area (Å²) in [6.07, 6.45) is 0.609. The number of ether oxygens (including phenoxy) is 1. The maximum absolute atomic E-state index is 11.0. The van der Waals surface area contributed by atoms with Crippen LogP contribution in [0.4, 0.5) is 5.69 Å². The van der Waals surface area contributed by atoms with Gasteiger partial charge in [-0.1, -0.05) is 5.16 Å². The van der Waals surface area contributed by atoms with Crippen LogP contribution in [0, 0.1) is 10.1 Å². The molecule has 22 heavy (non-hydrogen) atoms. The van der Waals surface area contributed by atoms with Crippen molar-refractivity contribution in [3.05, 3.63) is 34.1 Å². The molecule has 2 rings (SSSR count). The molecular formula is C13H17ClN4O4. The second kappa shape index (κ2) is 7.71. The summed E-state index contributed by atoms with van der Waals surface area (Å²) in [7, 11) is 3.23. The molecule has 2 aromatic rings. The Kier molecular flexibility index (Phi) is 6.26. The van der Waals surface area contributed by atoms with E-state index in [1.165, 1.54) is 19.2 Å². The van der Waals surface area contributed by atoms with Gasteiger partial charge < -0.3 is 14.6 Å². The summed E-state index contributed by atoms with van der Waals surface area (Å²) in [6, 6.07) is 4.72. The van der Waals surface area contributed by atoms with Crippen molar-refractivity contribution >= 4 is 18.1 Å². The zero-order valence-corrected chi connectivity index (χ0v) is 13.2. The lowest BCUT2D eigenvalue weighted by Gasteiger charge is -2.04. The van der Waals surface area contributed by atoms with Gasteiger partial charge in [0.1, 0.15) is 0 Å². The summed E-state index contributed by atoms with van der Waals surface area (Å²) in [5.74, 6) is 0.983. The Hall–Kier alpha value is -2.19. The SMILES string of the molecule is CNC(C)Cc1noc(-c2ccc(OC)c([N+](=O)[O-])c2)n1.Cl. The van der Waals surface area contributed by atoms with Crippen molar-refractivity contribution in [2.75, 3.05) is 14.2 Å². The Bertz CT molecular complexity index is 647. The number of likely N-dealkylation sites (N-methyl/N-ethyl adjacent to an activating group) is 1. The van der Waals surface area contributed by atoms with Crippen LogP contribution < -0.4 is 10.1 Å². The van der Waals surface area contributed by atoms with Crippen LogP contribution >= 0.6 is 12.4 Å². The van der Waals surface area contributed by atoms with Crippen LogP contribution in [0.5, 0.6) is 5.75 Å². The Balaban J connectivity index is 0.00000242. The molecular weight excluding hydrogens is 312 g/mol. The second-order valence-electron chi connectivity index (χ2n) is 4.55. The van der Waals surface area contributed by atoms with Crippen molar-refractivity contribution in [2.24, 2.45) is 0 Å². The van der Waals surface area contributed by atoms with E-state index in [1.54, 1.807) is 6.07 Å². The van der Waals surface area contributed by atoms with Gasteiger partial charge in [0.05, 0.1) is 12.0 Å². The minimum absolute atomic E-state index is 0. The zero-order chi connectivity index (χ0) is 15.4. The van der Waals surface area contributed by atoms with Gasteiger partial charge in [0.15, 0.2) is 11.6 Å². The normalized spacial score (nSPS) is 11.6. The van der Waals surface area contributed by atoms with E-state index in [2.05, 4.69) is 15.5 Å². The summed E-state index contributed by atoms with van der Waals surface area (Å²) in [5, 5.41) is 17.9. The fourth-order valence-corrected chi connectivity index (χ4v) is 1.80. The lowest BCUT2D eigenvalue weighted by Crippen LogP contribution is -2.24. The Morgan fingerprint density at radius 3 is 2.82 bits per heavy atom. The standard InChI is InChI=1S/C13H16N4O4.ClH/c1-8(14-2)6-12-15-13(21-16-12)9-4-5-11(20-3)10(7-9)17(18)19;/h4-5,7-8,14H,6H2,1-3H3;1H. The molecule has 1 N–H and O–H groups in total. The highest BCUT2D eigenvalue weighted by atomic mass is 35.5. The van der Waals surface area contributed by atoms with E-state index in [4.69, 9.17) is 9.26 Å². The first-order chi connectivity index (χ1) is 10.0. The maximum atomic E-state index is 11.0. The molecule has 0 radical (unpaired) electrons. The van der Waals surface area contributed by atoms with Crippen molar-refractivity contribution < 1.29 is 14.2 Å². The van der Waals surface area contributed by atoms with Crippen LogP contribution in [0.2, 0.25) is 0 Å². The van der Waals surface area contributed by atoms with Gasteiger partial charge in [0, 0.05) is 24.1 Å². The van der Waals surface area contributed by atoms with E-state index in [9.17, 15) is 10.1 Å². The fraction of sp³-hybridized carbons (Fsp3) is 0.385. The number of nitro groups is 1. The summed E-state index contributed by atoms with van der Waals surface area (Å²) >= 11 is 0. The monoisotopic (exact) mass is 328 g/mol. The molecule has 0 amide bonds. The average Bonchev–Trinajstić information content (AvgIpc) is 2.94. The minimum Gasteiger partial charge on any atom is -0.490 e. The number of hydrogen-bond donors (Lipinski definition) is 1. The molecule has 0 aliphatic rings. The van der Waals surface area contributed by atoms with Crippen LogP contribution in [-0.2, 0) is 6.42 Å². The third-order valence-electron chi connectivity index (χ3n) is 3.07. The molecule has 9 heteroatoms. The lowest BCUT2D eigenvalue weighted by atomic mass is 10.2. The first-order valence-corrected chi connectivity index (χ1v) is 6.37. The third kappa shape index (κ3) is 3.92. The van der Waals surface area contributed by atoms with Gasteiger partial charge in [-0.2, -0.15) is 4.98 Å². The van der Waals surface area contributed by atoms with Gasteiger partial charge in [-0.05, 0) is 26.1 Å². The molecule has 1 heterocycles. The fourth-order valence-electron chi connectivity index (χ4n) is 1.80. The van der Waals surface area contributed by atoms with E-state index in [0.29, 0.717) is 17.8 Å². The van der Waals surface area contributed by atoms with E-state index in [1.807, 2.05) is 14.0 Å². The number of nitro benzene ring substituents is 1. The first kappa shape index (κ1) is 17.9. The average molecular weight is 329 g/mol. The quantitative estimate of drug-likeness (QED) is 0.640. The highest BCUT2D eigenvalue weighted by Crippen LogP contribution is 2.31. The number of methoxy groups -OCH3 is 1. The van der Waals surface area contributed by atoms with Gasteiger partial charge in [-0.25, -0.2) is 0 Å². The molecule has 1 atom stereocenters. The van der Waals surface area contributed by atoms with Crippen molar-refractivity contribution in [1.82, 2.24) is 15.5 Å². The number of nitrogens with one attached hydrogen (secondary N) is 1. The van der Waals surface area contributed by atoms with Crippen LogP contribution in [0.1, 0.15) is 12.7 Å². The molecule has 1 unspecified atom stereocenters. The largest absolute Gasteiger partial charge is 0.490 e. The van der Waals surface area contributed by atoms with Crippen LogP contribution in [0.25, 0.3) is 11.5 Å². The van der Waals surface area contributed by atoms with E-state index < -0.39 is 4.92 Å². The van der Waals surface area contributed by atoms with Crippen molar-refractivity contribution in [3.63, 3.8) is 0 Å². The van der Waals surface area contributed by atoms with E-state index in [-0.39, 0.29) is 35.8 Å². The van der Waals surface area contributed by atoms with Crippen molar-refractivity contribution in [2.45, 2.75) is 19.4 Å². The van der Waals surface area contributed by atoms with E-state index in [0.717, 1.165) is 0 Å². The molecule has 0 saturated heterocycles. The molecule has 1 aromatic heterocycles. The number of halogens is 1. The lowest BCUT2D eigenvalue weighted by molar-refractivity contribution is -0.385. The molecule has 0 aliphatic carbocycles. The van der Waals surface area contributed by atoms with Crippen LogP contribution in [-0.4, -0.2) is 35.3 Å². The molecule has 120 valence electrons.